The number of carbonyl (C=O) groups is 1. The Hall–Kier alpha value is -2.14. The third kappa shape index (κ3) is 1.82. The van der Waals surface area contributed by atoms with Crippen LogP contribution in [0.25, 0.3) is 16.2 Å². The average Bonchev–Trinajstić information content (AvgIpc) is 2.90. The largest absolute Gasteiger partial charge is 0.477 e. The zero-order chi connectivity index (χ0) is 13.6. The summed E-state index contributed by atoms with van der Waals surface area (Å²) >= 11 is 1.21. The van der Waals surface area contributed by atoms with Gasteiger partial charge in [-0.1, -0.05) is 35.6 Å². The summed E-state index contributed by atoms with van der Waals surface area (Å²) < 4.78 is 1.84. The molecule has 0 unspecified atom stereocenters. The van der Waals surface area contributed by atoms with Gasteiger partial charge in [-0.25, -0.2) is 9.78 Å². The Bertz CT molecular complexity index is 786. The van der Waals surface area contributed by atoms with E-state index in [0.29, 0.717) is 9.84 Å². The smallest absolute Gasteiger partial charge is 0.347 e. The molecule has 0 fully saturated rings. The van der Waals surface area contributed by atoms with Crippen LogP contribution in [0.2, 0.25) is 0 Å². The predicted octanol–water partition coefficient (Wildman–Crippen LogP) is 3.38. The van der Waals surface area contributed by atoms with E-state index in [2.05, 4.69) is 4.98 Å². The number of imidazole rings is 1. The lowest BCUT2D eigenvalue weighted by Gasteiger charge is -2.00. The molecule has 19 heavy (non-hydrogen) atoms. The molecule has 0 aliphatic heterocycles. The summed E-state index contributed by atoms with van der Waals surface area (Å²) in [5.74, 6) is -0.898. The molecule has 0 aliphatic carbocycles. The Morgan fingerprint density at radius 1 is 1.32 bits per heavy atom. The number of carboxylic acid groups (broad SMARTS) is 1. The van der Waals surface area contributed by atoms with Crippen LogP contribution in [0.5, 0.6) is 0 Å². The minimum Gasteiger partial charge on any atom is -0.477 e. The van der Waals surface area contributed by atoms with Crippen molar-refractivity contribution in [1.29, 1.82) is 0 Å². The molecular weight excluding hydrogens is 260 g/mol. The lowest BCUT2D eigenvalue weighted by molar-refractivity contribution is 0.0701. The number of aromatic carboxylic acids is 1. The van der Waals surface area contributed by atoms with Gasteiger partial charge < -0.3 is 5.11 Å². The number of rotatable bonds is 2. The molecule has 0 radical (unpaired) electrons. The molecule has 0 amide bonds. The molecule has 0 atom stereocenters. The van der Waals surface area contributed by atoms with Crippen LogP contribution >= 0.6 is 11.3 Å². The zero-order valence-electron chi connectivity index (χ0n) is 10.5. The fourth-order valence-corrected chi connectivity index (χ4v) is 3.09. The van der Waals surface area contributed by atoms with Crippen molar-refractivity contribution in [2.75, 3.05) is 0 Å². The number of aryl methyl sites for hydroxylation is 2. The fraction of sp³-hybridized carbons (Fsp3) is 0.143. The highest BCUT2D eigenvalue weighted by Crippen LogP contribution is 2.28. The van der Waals surface area contributed by atoms with Gasteiger partial charge in [0.2, 0.25) is 0 Å². The number of fused-ring (bicyclic) bond motifs is 1. The molecule has 5 heteroatoms. The number of hydrogen-bond acceptors (Lipinski definition) is 3. The molecular formula is C14H12N2O2S. The lowest BCUT2D eigenvalue weighted by atomic mass is 10.1. The van der Waals surface area contributed by atoms with E-state index in [4.69, 9.17) is 5.11 Å². The molecule has 0 saturated carbocycles. The van der Waals surface area contributed by atoms with Crippen LogP contribution in [0.3, 0.4) is 0 Å². The number of nitrogens with zero attached hydrogens (tertiary/aromatic N) is 2. The molecule has 2 heterocycles. The summed E-state index contributed by atoms with van der Waals surface area (Å²) in [6, 6.07) is 8.03. The molecule has 0 saturated heterocycles. The highest BCUT2D eigenvalue weighted by atomic mass is 32.1. The van der Waals surface area contributed by atoms with Crippen LogP contribution in [-0.4, -0.2) is 20.5 Å². The van der Waals surface area contributed by atoms with E-state index in [0.717, 1.165) is 22.5 Å². The van der Waals surface area contributed by atoms with Gasteiger partial charge in [0.25, 0.3) is 0 Å². The first-order valence-corrected chi connectivity index (χ1v) is 6.67. The van der Waals surface area contributed by atoms with Crippen LogP contribution in [0.15, 0.2) is 30.5 Å². The van der Waals surface area contributed by atoms with Crippen molar-refractivity contribution in [3.63, 3.8) is 0 Å². The van der Waals surface area contributed by atoms with Crippen LogP contribution in [0.4, 0.5) is 0 Å². The number of thiazole rings is 1. The number of aromatic nitrogens is 2. The monoisotopic (exact) mass is 272 g/mol. The van der Waals surface area contributed by atoms with Crippen molar-refractivity contribution >= 4 is 22.3 Å². The summed E-state index contributed by atoms with van der Waals surface area (Å²) in [4.78, 5) is 16.7. The van der Waals surface area contributed by atoms with Gasteiger partial charge in [-0.15, -0.1) is 0 Å². The molecule has 0 spiro atoms. The normalized spacial score (nSPS) is 11.1. The van der Waals surface area contributed by atoms with Crippen LogP contribution < -0.4 is 0 Å². The number of benzene rings is 1. The molecule has 0 bridgehead atoms. The van der Waals surface area contributed by atoms with E-state index >= 15 is 0 Å². The van der Waals surface area contributed by atoms with Gasteiger partial charge >= 0.3 is 5.97 Å². The van der Waals surface area contributed by atoms with E-state index in [9.17, 15) is 4.79 Å². The minimum atomic E-state index is -0.898. The van der Waals surface area contributed by atoms with Crippen molar-refractivity contribution in [3.8, 4) is 11.3 Å². The Morgan fingerprint density at radius 3 is 2.68 bits per heavy atom. The second-order valence-electron chi connectivity index (χ2n) is 4.42. The van der Waals surface area contributed by atoms with Gasteiger partial charge in [0.15, 0.2) is 4.96 Å². The van der Waals surface area contributed by atoms with E-state index in [-0.39, 0.29) is 0 Å². The molecule has 4 nitrogen and oxygen atoms in total. The Balaban J connectivity index is 2.19. The molecule has 0 aliphatic rings. The standard InChI is InChI=1S/C14H12N2O2S/c1-8-5-3-4-6-10(8)11-7-16-9(2)12(13(17)18)19-14(16)15-11/h3-7H,1-2H3,(H,17,18). The first kappa shape index (κ1) is 11.9. The van der Waals surface area contributed by atoms with Crippen LogP contribution in [-0.2, 0) is 0 Å². The maximum absolute atomic E-state index is 11.1. The maximum Gasteiger partial charge on any atom is 0.347 e. The maximum atomic E-state index is 11.1. The van der Waals surface area contributed by atoms with Crippen molar-refractivity contribution < 1.29 is 9.90 Å². The lowest BCUT2D eigenvalue weighted by Crippen LogP contribution is -1.96. The van der Waals surface area contributed by atoms with E-state index in [1.165, 1.54) is 11.3 Å². The number of hydrogen-bond donors (Lipinski definition) is 1. The summed E-state index contributed by atoms with van der Waals surface area (Å²) in [6.07, 6.45) is 1.90. The van der Waals surface area contributed by atoms with E-state index in [1.807, 2.05) is 41.8 Å². The second-order valence-corrected chi connectivity index (χ2v) is 5.39. The molecule has 1 aromatic carbocycles. The Morgan fingerprint density at radius 2 is 2.05 bits per heavy atom. The summed E-state index contributed by atoms with van der Waals surface area (Å²) in [5, 5.41) is 9.08. The highest BCUT2D eigenvalue weighted by Gasteiger charge is 2.17. The minimum absolute atomic E-state index is 0.346. The van der Waals surface area contributed by atoms with Crippen molar-refractivity contribution in [1.82, 2.24) is 9.38 Å². The summed E-state index contributed by atoms with van der Waals surface area (Å²) in [6.45, 7) is 3.84. The quantitative estimate of drug-likeness (QED) is 0.778. The van der Waals surface area contributed by atoms with Crippen molar-refractivity contribution in [3.05, 3.63) is 46.6 Å². The predicted molar refractivity (Wildman–Crippen MR) is 74.9 cm³/mol. The Kier molecular flexibility index (Phi) is 2.64. The number of carboxylic acids is 1. The van der Waals surface area contributed by atoms with Crippen molar-refractivity contribution in [2.45, 2.75) is 13.8 Å². The summed E-state index contributed by atoms with van der Waals surface area (Å²) in [7, 11) is 0. The van der Waals surface area contributed by atoms with Gasteiger partial charge in [-0.05, 0) is 19.4 Å². The second kappa shape index (κ2) is 4.20. The molecule has 1 N–H and O–H groups in total. The Labute approximate surface area is 114 Å². The van der Waals surface area contributed by atoms with Gasteiger partial charge in [0, 0.05) is 17.5 Å². The van der Waals surface area contributed by atoms with E-state index < -0.39 is 5.97 Å². The first-order valence-electron chi connectivity index (χ1n) is 5.85. The summed E-state index contributed by atoms with van der Waals surface area (Å²) in [5.41, 5.74) is 3.84. The SMILES string of the molecule is Cc1ccccc1-c1cn2c(C)c(C(=O)O)sc2n1. The van der Waals surface area contributed by atoms with Crippen LogP contribution in [0.1, 0.15) is 20.9 Å². The fourth-order valence-electron chi connectivity index (χ4n) is 2.14. The molecule has 3 rings (SSSR count). The first-order chi connectivity index (χ1) is 9.08. The van der Waals surface area contributed by atoms with E-state index in [1.54, 1.807) is 6.92 Å². The molecule has 2 aromatic heterocycles. The third-order valence-corrected chi connectivity index (χ3v) is 4.32. The van der Waals surface area contributed by atoms with Gasteiger partial charge in [0.1, 0.15) is 4.88 Å². The third-order valence-electron chi connectivity index (χ3n) is 3.17. The molecule has 96 valence electrons. The van der Waals surface area contributed by atoms with Crippen molar-refractivity contribution in [2.24, 2.45) is 0 Å². The average molecular weight is 272 g/mol. The van der Waals surface area contributed by atoms with Gasteiger partial charge in [-0.2, -0.15) is 0 Å². The highest BCUT2D eigenvalue weighted by molar-refractivity contribution is 7.19. The topological polar surface area (TPSA) is 54.6 Å². The van der Waals surface area contributed by atoms with Gasteiger partial charge in [-0.3, -0.25) is 4.40 Å². The van der Waals surface area contributed by atoms with Gasteiger partial charge in [0.05, 0.1) is 5.69 Å². The zero-order valence-corrected chi connectivity index (χ0v) is 11.4. The molecule has 3 aromatic rings. The van der Waals surface area contributed by atoms with Crippen LogP contribution in [0, 0.1) is 13.8 Å².